The molecular formula is C18H20FN3O. The first-order chi connectivity index (χ1) is 11.2. The number of hydrogen-bond acceptors (Lipinski definition) is 4. The number of rotatable bonds is 2. The minimum Gasteiger partial charge on any atom is -0.505 e. The Morgan fingerprint density at radius 1 is 1.00 bits per heavy atom. The van der Waals surface area contributed by atoms with Crippen LogP contribution in [0.25, 0.3) is 11.3 Å². The summed E-state index contributed by atoms with van der Waals surface area (Å²) in [6, 6.07) is 4.72. The number of aromatic nitrogens is 2. The first kappa shape index (κ1) is 14.4. The van der Waals surface area contributed by atoms with Crippen molar-refractivity contribution in [3.63, 3.8) is 0 Å². The van der Waals surface area contributed by atoms with Crippen molar-refractivity contribution in [3.05, 3.63) is 35.3 Å². The normalized spacial score (nSPS) is 17.3. The van der Waals surface area contributed by atoms with Crippen LogP contribution in [0.3, 0.4) is 0 Å². The van der Waals surface area contributed by atoms with Crippen LogP contribution in [-0.2, 0) is 12.8 Å². The number of hydrogen-bond donors (Lipinski definition) is 1. The largest absolute Gasteiger partial charge is 0.505 e. The molecule has 120 valence electrons. The molecule has 1 fully saturated rings. The number of aromatic hydroxyl groups is 1. The van der Waals surface area contributed by atoms with Crippen LogP contribution in [0.2, 0.25) is 0 Å². The monoisotopic (exact) mass is 313 g/mol. The number of piperidine rings is 1. The number of phenols is 1. The number of benzene rings is 1. The van der Waals surface area contributed by atoms with E-state index in [-0.39, 0.29) is 5.75 Å². The lowest BCUT2D eigenvalue weighted by atomic mass is 10.0. The van der Waals surface area contributed by atoms with Gasteiger partial charge in [0, 0.05) is 29.9 Å². The summed E-state index contributed by atoms with van der Waals surface area (Å²) in [5.41, 5.74) is 3.11. The van der Waals surface area contributed by atoms with Gasteiger partial charge in [0.25, 0.3) is 0 Å². The highest BCUT2D eigenvalue weighted by Gasteiger charge is 2.25. The molecule has 2 aliphatic rings. The summed E-state index contributed by atoms with van der Waals surface area (Å²) in [6.45, 7) is 1.92. The molecule has 1 saturated heterocycles. The second-order valence-electron chi connectivity index (χ2n) is 6.34. The highest BCUT2D eigenvalue weighted by atomic mass is 19.1. The average Bonchev–Trinajstić information content (AvgIpc) is 3.06. The van der Waals surface area contributed by atoms with Gasteiger partial charge >= 0.3 is 0 Å². The summed E-state index contributed by atoms with van der Waals surface area (Å²) < 4.78 is 14.4. The third-order valence-electron chi connectivity index (χ3n) is 4.79. The van der Waals surface area contributed by atoms with Gasteiger partial charge in [0.05, 0.1) is 5.69 Å². The van der Waals surface area contributed by atoms with E-state index in [0.717, 1.165) is 56.5 Å². The van der Waals surface area contributed by atoms with Crippen molar-refractivity contribution in [2.45, 2.75) is 38.5 Å². The Kier molecular flexibility index (Phi) is 3.63. The van der Waals surface area contributed by atoms with Crippen molar-refractivity contribution in [1.82, 2.24) is 9.97 Å². The molecule has 1 aromatic carbocycles. The first-order valence-electron chi connectivity index (χ1n) is 8.36. The highest BCUT2D eigenvalue weighted by molar-refractivity contribution is 5.68. The van der Waals surface area contributed by atoms with Crippen LogP contribution in [-0.4, -0.2) is 28.2 Å². The van der Waals surface area contributed by atoms with Crippen LogP contribution in [0.4, 0.5) is 10.3 Å². The first-order valence-corrected chi connectivity index (χ1v) is 8.36. The molecule has 0 atom stereocenters. The van der Waals surface area contributed by atoms with Gasteiger partial charge in [-0.15, -0.1) is 0 Å². The SMILES string of the molecule is Oc1cccc(-c2nc(N3CCCCC3)nc3c2CCC3)c1F. The molecule has 2 aromatic rings. The maximum Gasteiger partial charge on any atom is 0.226 e. The van der Waals surface area contributed by atoms with Gasteiger partial charge in [-0.1, -0.05) is 6.07 Å². The standard InChI is InChI=1S/C18H20FN3O/c19-16-13(7-5-9-15(16)23)17-12-6-4-8-14(12)20-18(21-17)22-10-2-1-3-11-22/h5,7,9,23H,1-4,6,8,10-11H2. The van der Waals surface area contributed by atoms with Gasteiger partial charge in [-0.2, -0.15) is 0 Å². The van der Waals surface area contributed by atoms with Crippen molar-refractivity contribution >= 4 is 5.95 Å². The van der Waals surface area contributed by atoms with Gasteiger partial charge in [-0.25, -0.2) is 14.4 Å². The molecule has 0 amide bonds. The van der Waals surface area contributed by atoms with Gasteiger partial charge in [0.15, 0.2) is 11.6 Å². The van der Waals surface area contributed by atoms with E-state index in [0.29, 0.717) is 17.2 Å². The van der Waals surface area contributed by atoms with E-state index < -0.39 is 5.82 Å². The molecule has 0 bridgehead atoms. The second-order valence-corrected chi connectivity index (χ2v) is 6.34. The van der Waals surface area contributed by atoms with Crippen molar-refractivity contribution < 1.29 is 9.50 Å². The fraction of sp³-hybridized carbons (Fsp3) is 0.444. The van der Waals surface area contributed by atoms with Crippen molar-refractivity contribution in [1.29, 1.82) is 0 Å². The maximum atomic E-state index is 14.4. The smallest absolute Gasteiger partial charge is 0.226 e. The fourth-order valence-electron chi connectivity index (χ4n) is 3.58. The van der Waals surface area contributed by atoms with E-state index in [9.17, 15) is 9.50 Å². The zero-order valence-corrected chi connectivity index (χ0v) is 13.1. The molecule has 1 aliphatic carbocycles. The predicted octanol–water partition coefficient (Wildman–Crippen LogP) is 3.47. The third kappa shape index (κ3) is 2.54. The van der Waals surface area contributed by atoms with Crippen LogP contribution in [0, 0.1) is 5.82 Å². The van der Waals surface area contributed by atoms with E-state index in [1.807, 2.05) is 0 Å². The van der Waals surface area contributed by atoms with E-state index in [1.54, 1.807) is 12.1 Å². The molecule has 1 aromatic heterocycles. The van der Waals surface area contributed by atoms with E-state index in [1.165, 1.54) is 12.5 Å². The Bertz CT molecular complexity index is 741. The molecule has 0 radical (unpaired) electrons. The lowest BCUT2D eigenvalue weighted by Gasteiger charge is -2.27. The number of anilines is 1. The van der Waals surface area contributed by atoms with Crippen molar-refractivity contribution in [2.24, 2.45) is 0 Å². The van der Waals surface area contributed by atoms with Gasteiger partial charge in [0.2, 0.25) is 5.95 Å². The zero-order valence-electron chi connectivity index (χ0n) is 13.1. The molecule has 1 aliphatic heterocycles. The van der Waals surface area contributed by atoms with Crippen molar-refractivity contribution in [2.75, 3.05) is 18.0 Å². The van der Waals surface area contributed by atoms with Crippen LogP contribution in [0.15, 0.2) is 18.2 Å². The van der Waals surface area contributed by atoms with Crippen LogP contribution < -0.4 is 4.90 Å². The van der Waals surface area contributed by atoms with Crippen molar-refractivity contribution in [3.8, 4) is 17.0 Å². The average molecular weight is 313 g/mol. The molecule has 1 N–H and O–H groups in total. The van der Waals surface area contributed by atoms with E-state index >= 15 is 0 Å². The molecule has 5 heteroatoms. The fourth-order valence-corrected chi connectivity index (χ4v) is 3.58. The Balaban J connectivity index is 1.85. The molecular weight excluding hydrogens is 293 g/mol. The summed E-state index contributed by atoms with van der Waals surface area (Å²) in [6.07, 6.45) is 6.37. The summed E-state index contributed by atoms with van der Waals surface area (Å²) in [4.78, 5) is 11.6. The second kappa shape index (κ2) is 5.80. The maximum absolute atomic E-state index is 14.4. The van der Waals surface area contributed by atoms with E-state index in [4.69, 9.17) is 9.97 Å². The topological polar surface area (TPSA) is 49.3 Å². The molecule has 2 heterocycles. The molecule has 0 unspecified atom stereocenters. The van der Waals surface area contributed by atoms with Crippen LogP contribution in [0.1, 0.15) is 36.9 Å². The Morgan fingerprint density at radius 2 is 1.83 bits per heavy atom. The van der Waals surface area contributed by atoms with E-state index in [2.05, 4.69) is 4.90 Å². The number of aryl methyl sites for hydroxylation is 1. The van der Waals surface area contributed by atoms with Gasteiger partial charge < -0.3 is 10.0 Å². The highest BCUT2D eigenvalue weighted by Crippen LogP contribution is 2.35. The Morgan fingerprint density at radius 3 is 2.65 bits per heavy atom. The van der Waals surface area contributed by atoms with Crippen LogP contribution in [0.5, 0.6) is 5.75 Å². The molecule has 4 rings (SSSR count). The zero-order chi connectivity index (χ0) is 15.8. The Labute approximate surface area is 135 Å². The number of fused-ring (bicyclic) bond motifs is 1. The molecule has 0 saturated carbocycles. The lowest BCUT2D eigenvalue weighted by molar-refractivity contribution is 0.433. The third-order valence-corrected chi connectivity index (χ3v) is 4.79. The minimum absolute atomic E-state index is 0.326. The van der Waals surface area contributed by atoms with Crippen LogP contribution >= 0.6 is 0 Å². The number of phenolic OH excluding ortho intramolecular Hbond substituents is 1. The minimum atomic E-state index is -0.593. The predicted molar refractivity (Wildman–Crippen MR) is 87.2 cm³/mol. The van der Waals surface area contributed by atoms with Gasteiger partial charge in [-0.3, -0.25) is 0 Å². The summed E-state index contributed by atoms with van der Waals surface area (Å²) in [5, 5.41) is 9.70. The number of halogens is 1. The van der Waals surface area contributed by atoms with Gasteiger partial charge in [0.1, 0.15) is 0 Å². The van der Waals surface area contributed by atoms with Gasteiger partial charge in [-0.05, 0) is 50.7 Å². The summed E-state index contributed by atoms with van der Waals surface area (Å²) >= 11 is 0. The summed E-state index contributed by atoms with van der Waals surface area (Å²) in [7, 11) is 0. The number of nitrogens with zero attached hydrogens (tertiary/aromatic N) is 3. The molecule has 23 heavy (non-hydrogen) atoms. The summed E-state index contributed by atoms with van der Waals surface area (Å²) in [5.74, 6) is -0.208. The molecule has 0 spiro atoms. The lowest BCUT2D eigenvalue weighted by Crippen LogP contribution is -2.31. The quantitative estimate of drug-likeness (QED) is 0.922. The molecule has 4 nitrogen and oxygen atoms in total. The Hall–Kier alpha value is -2.17.